The maximum absolute atomic E-state index is 12.0. The summed E-state index contributed by atoms with van der Waals surface area (Å²) in [6, 6.07) is 0. The summed E-state index contributed by atoms with van der Waals surface area (Å²) in [5, 5.41) is 19.0. The van der Waals surface area contributed by atoms with Gasteiger partial charge in [0.1, 0.15) is 5.60 Å². The van der Waals surface area contributed by atoms with Crippen LogP contribution in [0.1, 0.15) is 58.3 Å². The number of allylic oxidation sites excluding steroid dienone is 5. The van der Waals surface area contributed by atoms with Crippen molar-refractivity contribution in [3.63, 3.8) is 0 Å². The Morgan fingerprint density at radius 3 is 2.77 bits per heavy atom. The van der Waals surface area contributed by atoms with Crippen molar-refractivity contribution in [2.75, 3.05) is 0 Å². The SMILES string of the molecule is C#CC(O)(CC=C[C@H]1C=CC(=O)[C@@H]1C/C=C\CCCC(=O)O)CCCC. The number of hydrogen-bond donors (Lipinski definition) is 2. The van der Waals surface area contributed by atoms with E-state index in [0.717, 1.165) is 12.8 Å². The van der Waals surface area contributed by atoms with Gasteiger partial charge in [-0.25, -0.2) is 0 Å². The molecule has 0 aromatic heterocycles. The highest BCUT2D eigenvalue weighted by molar-refractivity contribution is 5.95. The molecule has 0 aromatic carbocycles. The predicted molar refractivity (Wildman–Crippen MR) is 103 cm³/mol. The normalized spacial score (nSPS) is 22.1. The molecule has 142 valence electrons. The lowest BCUT2D eigenvalue weighted by molar-refractivity contribution is -0.137. The molecule has 1 rings (SSSR count). The van der Waals surface area contributed by atoms with Crippen LogP contribution in [-0.2, 0) is 9.59 Å². The first kappa shape index (κ1) is 21.9. The van der Waals surface area contributed by atoms with E-state index in [2.05, 4.69) is 12.8 Å². The number of carboxylic acid groups (broad SMARTS) is 1. The van der Waals surface area contributed by atoms with Crippen LogP contribution in [0.5, 0.6) is 0 Å². The number of unbranched alkanes of at least 4 members (excludes halogenated alkanes) is 2. The van der Waals surface area contributed by atoms with E-state index in [-0.39, 0.29) is 24.0 Å². The zero-order valence-electron chi connectivity index (χ0n) is 15.6. The van der Waals surface area contributed by atoms with Crippen LogP contribution in [0.4, 0.5) is 0 Å². The van der Waals surface area contributed by atoms with E-state index in [1.807, 2.05) is 30.4 Å². The quantitative estimate of drug-likeness (QED) is 0.313. The van der Waals surface area contributed by atoms with Crippen LogP contribution in [0, 0.1) is 24.2 Å². The molecule has 0 aliphatic heterocycles. The summed E-state index contributed by atoms with van der Waals surface area (Å²) >= 11 is 0. The van der Waals surface area contributed by atoms with Gasteiger partial charge in [0.15, 0.2) is 5.78 Å². The number of aliphatic carboxylic acids is 1. The number of hydrogen-bond acceptors (Lipinski definition) is 3. The summed E-state index contributed by atoms with van der Waals surface area (Å²) in [7, 11) is 0. The molecule has 1 unspecified atom stereocenters. The summed E-state index contributed by atoms with van der Waals surface area (Å²) in [6.45, 7) is 2.06. The first-order valence-electron chi connectivity index (χ1n) is 9.37. The zero-order valence-corrected chi connectivity index (χ0v) is 15.6. The topological polar surface area (TPSA) is 74.6 Å². The van der Waals surface area contributed by atoms with Crippen LogP contribution in [0.15, 0.2) is 36.5 Å². The monoisotopic (exact) mass is 358 g/mol. The third-order valence-electron chi connectivity index (χ3n) is 4.66. The van der Waals surface area contributed by atoms with E-state index in [4.69, 9.17) is 11.5 Å². The number of ketones is 1. The van der Waals surface area contributed by atoms with Crippen molar-refractivity contribution in [1.82, 2.24) is 0 Å². The van der Waals surface area contributed by atoms with Crippen molar-refractivity contribution < 1.29 is 19.8 Å². The van der Waals surface area contributed by atoms with Gasteiger partial charge in [0.2, 0.25) is 0 Å². The van der Waals surface area contributed by atoms with Crippen molar-refractivity contribution >= 4 is 11.8 Å². The summed E-state index contributed by atoms with van der Waals surface area (Å²) < 4.78 is 0. The minimum atomic E-state index is -1.11. The second-order valence-corrected chi connectivity index (χ2v) is 6.85. The summed E-state index contributed by atoms with van der Waals surface area (Å²) in [4.78, 5) is 22.5. The Hall–Kier alpha value is -2.12. The van der Waals surface area contributed by atoms with Gasteiger partial charge in [-0.15, -0.1) is 6.42 Å². The average molecular weight is 358 g/mol. The van der Waals surface area contributed by atoms with Crippen molar-refractivity contribution in [3.05, 3.63) is 36.5 Å². The molecule has 0 aromatic rings. The molecular weight excluding hydrogens is 328 g/mol. The lowest BCUT2D eigenvalue weighted by Gasteiger charge is -2.20. The number of carbonyl (C=O) groups is 2. The average Bonchev–Trinajstić information content (AvgIpc) is 2.96. The van der Waals surface area contributed by atoms with Gasteiger partial charge >= 0.3 is 5.97 Å². The van der Waals surface area contributed by atoms with E-state index >= 15 is 0 Å². The van der Waals surface area contributed by atoms with Gasteiger partial charge in [0.05, 0.1) is 0 Å². The number of aliphatic hydroxyl groups is 1. The van der Waals surface area contributed by atoms with Crippen LogP contribution in [0.25, 0.3) is 0 Å². The van der Waals surface area contributed by atoms with Gasteiger partial charge in [-0.1, -0.05) is 49.6 Å². The summed E-state index contributed by atoms with van der Waals surface area (Å²) in [6.07, 6.45) is 21.6. The lowest BCUT2D eigenvalue weighted by Crippen LogP contribution is -2.25. The summed E-state index contributed by atoms with van der Waals surface area (Å²) in [5.41, 5.74) is -1.11. The molecule has 0 saturated carbocycles. The Morgan fingerprint density at radius 2 is 2.12 bits per heavy atom. The largest absolute Gasteiger partial charge is 0.481 e. The molecule has 0 heterocycles. The van der Waals surface area contributed by atoms with Crippen molar-refractivity contribution in [2.45, 2.75) is 63.9 Å². The van der Waals surface area contributed by atoms with Gasteiger partial charge in [-0.3, -0.25) is 9.59 Å². The number of carboxylic acids is 1. The smallest absolute Gasteiger partial charge is 0.303 e. The Morgan fingerprint density at radius 1 is 1.35 bits per heavy atom. The van der Waals surface area contributed by atoms with Gasteiger partial charge in [-0.05, 0) is 38.2 Å². The molecule has 1 aliphatic rings. The first-order chi connectivity index (χ1) is 12.4. The lowest BCUT2D eigenvalue weighted by atomic mass is 9.89. The van der Waals surface area contributed by atoms with Crippen LogP contribution in [0.2, 0.25) is 0 Å². The molecule has 1 aliphatic carbocycles. The third-order valence-corrected chi connectivity index (χ3v) is 4.66. The number of rotatable bonds is 12. The van der Waals surface area contributed by atoms with Gasteiger partial charge in [0.25, 0.3) is 0 Å². The van der Waals surface area contributed by atoms with Crippen molar-refractivity contribution in [1.29, 1.82) is 0 Å². The van der Waals surface area contributed by atoms with Crippen molar-refractivity contribution in [2.24, 2.45) is 11.8 Å². The molecule has 4 heteroatoms. The number of terminal acetylenes is 1. The molecular formula is C22H30O4. The molecule has 2 N–H and O–H groups in total. The van der Waals surface area contributed by atoms with Crippen molar-refractivity contribution in [3.8, 4) is 12.3 Å². The third kappa shape index (κ3) is 7.84. The molecule has 0 spiro atoms. The van der Waals surface area contributed by atoms with Crippen LogP contribution < -0.4 is 0 Å². The Labute approximate surface area is 156 Å². The Bertz CT molecular complexity index is 594. The van der Waals surface area contributed by atoms with E-state index in [1.165, 1.54) is 0 Å². The Balaban J connectivity index is 2.50. The highest BCUT2D eigenvalue weighted by Crippen LogP contribution is 2.28. The second kappa shape index (κ2) is 11.5. The van der Waals surface area contributed by atoms with Crippen LogP contribution >= 0.6 is 0 Å². The van der Waals surface area contributed by atoms with E-state index < -0.39 is 11.6 Å². The molecule has 0 amide bonds. The maximum Gasteiger partial charge on any atom is 0.303 e. The van der Waals surface area contributed by atoms with Gasteiger partial charge in [0, 0.05) is 24.7 Å². The van der Waals surface area contributed by atoms with E-state index in [1.54, 1.807) is 6.08 Å². The molecule has 0 radical (unpaired) electrons. The van der Waals surface area contributed by atoms with E-state index in [9.17, 15) is 14.7 Å². The highest BCUT2D eigenvalue weighted by atomic mass is 16.4. The standard InChI is InChI=1S/C22H30O4/c1-3-5-16-22(26,4-2)17-10-11-18-14-15-20(23)19(18)12-8-6-7-9-13-21(24)25/h2,6,8,10-11,14-15,18-19,26H,3,5,7,9,12-13,16-17H2,1H3,(H,24,25)/b8-6-,11-10?/t18-,19+,22?/m0/s1. The van der Waals surface area contributed by atoms with Gasteiger partial charge in [-0.2, -0.15) is 0 Å². The van der Waals surface area contributed by atoms with E-state index in [0.29, 0.717) is 32.1 Å². The maximum atomic E-state index is 12.0. The fourth-order valence-electron chi connectivity index (χ4n) is 2.98. The fraction of sp³-hybridized carbons (Fsp3) is 0.545. The van der Waals surface area contributed by atoms with Gasteiger partial charge < -0.3 is 10.2 Å². The zero-order chi connectivity index (χ0) is 19.4. The minimum absolute atomic E-state index is 0.0133. The first-order valence-corrected chi connectivity index (χ1v) is 9.37. The molecule has 0 fully saturated rings. The molecule has 0 saturated heterocycles. The highest BCUT2D eigenvalue weighted by Gasteiger charge is 2.27. The molecule has 0 bridgehead atoms. The molecule has 4 nitrogen and oxygen atoms in total. The molecule has 3 atom stereocenters. The fourth-order valence-corrected chi connectivity index (χ4v) is 2.98. The molecule has 26 heavy (non-hydrogen) atoms. The Kier molecular flexibility index (Phi) is 9.69. The van der Waals surface area contributed by atoms with Crippen LogP contribution in [-0.4, -0.2) is 27.6 Å². The second-order valence-electron chi connectivity index (χ2n) is 6.85. The number of carbonyl (C=O) groups excluding carboxylic acids is 1. The summed E-state index contributed by atoms with van der Waals surface area (Å²) in [5.74, 6) is 1.69. The van der Waals surface area contributed by atoms with Crippen LogP contribution in [0.3, 0.4) is 0 Å². The predicted octanol–water partition coefficient (Wildman–Crippen LogP) is 4.06. The minimum Gasteiger partial charge on any atom is -0.481 e.